The first kappa shape index (κ1) is 17.2. The molecule has 3 aromatic rings. The van der Waals surface area contributed by atoms with Crippen LogP contribution in [0.15, 0.2) is 60.9 Å². The van der Waals surface area contributed by atoms with Gasteiger partial charge in [0.25, 0.3) is 5.91 Å². The van der Waals surface area contributed by atoms with Crippen LogP contribution in [-0.2, 0) is 0 Å². The van der Waals surface area contributed by atoms with Crippen molar-refractivity contribution in [2.45, 2.75) is 0 Å². The molecule has 0 aliphatic heterocycles. The number of anilines is 3. The van der Waals surface area contributed by atoms with Crippen LogP contribution < -0.4 is 20.1 Å². The lowest BCUT2D eigenvalue weighted by molar-refractivity contribution is 0.102. The number of aromatic nitrogens is 2. The Morgan fingerprint density at radius 1 is 0.923 bits per heavy atom. The summed E-state index contributed by atoms with van der Waals surface area (Å²) in [6.45, 7) is 0. The maximum Gasteiger partial charge on any atom is 0.258 e. The van der Waals surface area contributed by atoms with E-state index in [1.54, 1.807) is 38.5 Å². The highest BCUT2D eigenvalue weighted by Crippen LogP contribution is 2.25. The van der Waals surface area contributed by atoms with Crippen molar-refractivity contribution in [1.29, 1.82) is 0 Å². The summed E-state index contributed by atoms with van der Waals surface area (Å²) < 4.78 is 10.4. The van der Waals surface area contributed by atoms with E-state index in [0.717, 1.165) is 11.4 Å². The molecule has 0 aliphatic rings. The van der Waals surface area contributed by atoms with E-state index in [1.807, 2.05) is 24.3 Å². The molecule has 0 atom stereocenters. The number of hydrogen-bond donors (Lipinski definition) is 2. The van der Waals surface area contributed by atoms with Crippen molar-refractivity contribution in [2.24, 2.45) is 0 Å². The largest absolute Gasteiger partial charge is 0.497 e. The van der Waals surface area contributed by atoms with Crippen LogP contribution in [0.25, 0.3) is 0 Å². The summed E-state index contributed by atoms with van der Waals surface area (Å²) in [7, 11) is 3.18. The van der Waals surface area contributed by atoms with Gasteiger partial charge in [0.05, 0.1) is 25.5 Å². The highest BCUT2D eigenvalue weighted by Gasteiger charge is 2.09. The number of hydrogen-bond acceptors (Lipinski definition) is 6. The molecule has 7 heteroatoms. The van der Waals surface area contributed by atoms with Crippen molar-refractivity contribution in [3.8, 4) is 11.5 Å². The Balaban J connectivity index is 1.67. The van der Waals surface area contributed by atoms with Crippen LogP contribution in [0, 0.1) is 0 Å². The Morgan fingerprint density at radius 3 is 2.27 bits per heavy atom. The topological polar surface area (TPSA) is 85.4 Å². The molecular weight excluding hydrogens is 332 g/mol. The van der Waals surface area contributed by atoms with E-state index in [-0.39, 0.29) is 5.91 Å². The standard InChI is InChI=1S/C19H18N4O3/c1-25-15-9-7-14(8-10-15)22-18(24)13-11-20-19(21-12-13)23-16-5-3-4-6-17(16)26-2/h3-12H,1-2H3,(H,22,24)(H,20,21,23). The molecule has 1 amide bonds. The summed E-state index contributed by atoms with van der Waals surface area (Å²) >= 11 is 0. The lowest BCUT2D eigenvalue weighted by Gasteiger charge is -2.10. The number of carbonyl (C=O) groups is 1. The molecule has 3 rings (SSSR count). The summed E-state index contributed by atoms with van der Waals surface area (Å²) in [4.78, 5) is 20.6. The first-order valence-electron chi connectivity index (χ1n) is 7.87. The minimum atomic E-state index is -0.293. The zero-order valence-electron chi connectivity index (χ0n) is 14.4. The second kappa shape index (κ2) is 7.98. The number of methoxy groups -OCH3 is 2. The quantitative estimate of drug-likeness (QED) is 0.708. The molecule has 132 valence electrons. The summed E-state index contributed by atoms with van der Waals surface area (Å²) in [6, 6.07) is 14.5. The second-order valence-corrected chi connectivity index (χ2v) is 5.30. The molecule has 0 bridgehead atoms. The van der Waals surface area contributed by atoms with Crippen LogP contribution in [0.2, 0.25) is 0 Å². The molecule has 0 spiro atoms. The molecule has 0 radical (unpaired) electrons. The maximum atomic E-state index is 12.3. The minimum absolute atomic E-state index is 0.293. The Morgan fingerprint density at radius 2 is 1.62 bits per heavy atom. The van der Waals surface area contributed by atoms with E-state index in [9.17, 15) is 4.79 Å². The van der Waals surface area contributed by atoms with E-state index >= 15 is 0 Å². The van der Waals surface area contributed by atoms with Crippen LogP contribution in [0.3, 0.4) is 0 Å². The van der Waals surface area contributed by atoms with E-state index in [1.165, 1.54) is 12.4 Å². The molecule has 1 heterocycles. The fourth-order valence-electron chi connectivity index (χ4n) is 2.26. The van der Waals surface area contributed by atoms with E-state index in [2.05, 4.69) is 20.6 Å². The number of rotatable bonds is 6. The average Bonchev–Trinajstić information content (AvgIpc) is 2.69. The molecule has 2 aromatic carbocycles. The second-order valence-electron chi connectivity index (χ2n) is 5.30. The highest BCUT2D eigenvalue weighted by molar-refractivity contribution is 6.03. The van der Waals surface area contributed by atoms with E-state index in [0.29, 0.717) is 22.9 Å². The first-order chi connectivity index (χ1) is 12.7. The number of carbonyl (C=O) groups excluding carboxylic acids is 1. The lowest BCUT2D eigenvalue weighted by atomic mass is 10.2. The van der Waals surface area contributed by atoms with Gasteiger partial charge in [0.15, 0.2) is 0 Å². The predicted molar refractivity (Wildman–Crippen MR) is 99.3 cm³/mol. The zero-order valence-corrected chi connectivity index (χ0v) is 14.4. The smallest absolute Gasteiger partial charge is 0.258 e. The number of para-hydroxylation sites is 2. The average molecular weight is 350 g/mol. The fourth-order valence-corrected chi connectivity index (χ4v) is 2.26. The van der Waals surface area contributed by atoms with Gasteiger partial charge in [-0.3, -0.25) is 4.79 Å². The van der Waals surface area contributed by atoms with Gasteiger partial charge in [-0.1, -0.05) is 12.1 Å². The molecule has 7 nitrogen and oxygen atoms in total. The van der Waals surface area contributed by atoms with Gasteiger partial charge in [0, 0.05) is 18.1 Å². The Labute approximate surface area is 151 Å². The van der Waals surface area contributed by atoms with E-state index in [4.69, 9.17) is 9.47 Å². The molecule has 0 aliphatic carbocycles. The van der Waals surface area contributed by atoms with Crippen molar-refractivity contribution in [2.75, 3.05) is 24.9 Å². The third-order valence-corrected chi connectivity index (χ3v) is 3.62. The van der Waals surface area contributed by atoms with Gasteiger partial charge in [-0.15, -0.1) is 0 Å². The number of benzene rings is 2. The SMILES string of the molecule is COc1ccc(NC(=O)c2cnc(Nc3ccccc3OC)nc2)cc1. The first-order valence-corrected chi connectivity index (χ1v) is 7.87. The molecule has 26 heavy (non-hydrogen) atoms. The van der Waals surface area contributed by atoms with Crippen molar-refractivity contribution in [3.05, 3.63) is 66.5 Å². The van der Waals surface area contributed by atoms with Gasteiger partial charge < -0.3 is 20.1 Å². The number of ether oxygens (including phenoxy) is 2. The number of amides is 1. The van der Waals surface area contributed by atoms with Crippen LogP contribution in [0.4, 0.5) is 17.3 Å². The number of nitrogens with zero attached hydrogens (tertiary/aromatic N) is 2. The Hall–Kier alpha value is -3.61. The van der Waals surface area contributed by atoms with Crippen LogP contribution in [-0.4, -0.2) is 30.1 Å². The molecule has 0 unspecified atom stereocenters. The van der Waals surface area contributed by atoms with Crippen molar-refractivity contribution >= 4 is 23.2 Å². The van der Waals surface area contributed by atoms with Gasteiger partial charge in [0.2, 0.25) is 5.95 Å². The van der Waals surface area contributed by atoms with Crippen molar-refractivity contribution < 1.29 is 14.3 Å². The van der Waals surface area contributed by atoms with Crippen LogP contribution in [0.5, 0.6) is 11.5 Å². The van der Waals surface area contributed by atoms with Gasteiger partial charge in [-0.2, -0.15) is 0 Å². The third-order valence-electron chi connectivity index (χ3n) is 3.62. The number of nitrogens with one attached hydrogen (secondary N) is 2. The molecule has 0 saturated carbocycles. The highest BCUT2D eigenvalue weighted by atomic mass is 16.5. The van der Waals surface area contributed by atoms with Crippen molar-refractivity contribution in [1.82, 2.24) is 9.97 Å². The van der Waals surface area contributed by atoms with Gasteiger partial charge in [-0.05, 0) is 36.4 Å². The Kier molecular flexibility index (Phi) is 5.28. The Bertz CT molecular complexity index is 880. The molecule has 1 aromatic heterocycles. The third kappa shape index (κ3) is 4.07. The zero-order chi connectivity index (χ0) is 18.4. The van der Waals surface area contributed by atoms with Gasteiger partial charge in [0.1, 0.15) is 11.5 Å². The molecule has 0 fully saturated rings. The summed E-state index contributed by atoms with van der Waals surface area (Å²) in [5, 5.41) is 5.84. The minimum Gasteiger partial charge on any atom is -0.497 e. The predicted octanol–water partition coefficient (Wildman–Crippen LogP) is 3.49. The van der Waals surface area contributed by atoms with Gasteiger partial charge in [-0.25, -0.2) is 9.97 Å². The van der Waals surface area contributed by atoms with Crippen LogP contribution >= 0.6 is 0 Å². The van der Waals surface area contributed by atoms with Gasteiger partial charge >= 0.3 is 0 Å². The summed E-state index contributed by atoms with van der Waals surface area (Å²) in [6.07, 6.45) is 2.92. The summed E-state index contributed by atoms with van der Waals surface area (Å²) in [5.74, 6) is 1.48. The fraction of sp³-hybridized carbons (Fsp3) is 0.105. The van der Waals surface area contributed by atoms with Crippen LogP contribution in [0.1, 0.15) is 10.4 Å². The normalized spacial score (nSPS) is 10.1. The van der Waals surface area contributed by atoms with Crippen molar-refractivity contribution in [3.63, 3.8) is 0 Å². The molecule has 0 saturated heterocycles. The molecular formula is C19H18N4O3. The van der Waals surface area contributed by atoms with E-state index < -0.39 is 0 Å². The maximum absolute atomic E-state index is 12.3. The lowest BCUT2D eigenvalue weighted by Crippen LogP contribution is -2.13. The monoisotopic (exact) mass is 350 g/mol. The molecule has 2 N–H and O–H groups in total. The summed E-state index contributed by atoms with van der Waals surface area (Å²) in [5.41, 5.74) is 1.75.